The fraction of sp³-hybridized carbons (Fsp3) is 0.474. The van der Waals surface area contributed by atoms with Gasteiger partial charge in [0, 0.05) is 30.2 Å². The van der Waals surface area contributed by atoms with Crippen molar-refractivity contribution in [1.82, 2.24) is 14.9 Å². The molecule has 126 valence electrons. The Morgan fingerprint density at radius 2 is 2.25 bits per heavy atom. The Hall–Kier alpha value is -1.81. The van der Waals surface area contributed by atoms with Crippen LogP contribution in [0.1, 0.15) is 42.8 Å². The number of nitrogens with zero attached hydrogens (tertiary/aromatic N) is 2. The van der Waals surface area contributed by atoms with Crippen LogP contribution in [-0.4, -0.2) is 21.5 Å². The third-order valence-corrected chi connectivity index (χ3v) is 5.70. The number of aromatic nitrogens is 2. The lowest BCUT2D eigenvalue weighted by Gasteiger charge is -2.42. The Bertz CT molecular complexity index is 779. The molecule has 1 unspecified atom stereocenters. The topological polar surface area (TPSA) is 46.9 Å². The van der Waals surface area contributed by atoms with Crippen LogP contribution in [0.5, 0.6) is 0 Å². The van der Waals surface area contributed by atoms with Gasteiger partial charge in [0.1, 0.15) is 5.82 Å². The maximum atomic E-state index is 13.1. The van der Waals surface area contributed by atoms with E-state index in [4.69, 9.17) is 11.6 Å². The molecule has 24 heavy (non-hydrogen) atoms. The van der Waals surface area contributed by atoms with E-state index in [-0.39, 0.29) is 11.9 Å². The van der Waals surface area contributed by atoms with Gasteiger partial charge in [0.25, 0.3) is 0 Å². The fourth-order valence-electron chi connectivity index (χ4n) is 3.99. The summed E-state index contributed by atoms with van der Waals surface area (Å²) >= 11 is 6.15. The largest absolute Gasteiger partial charge is 0.351 e. The molecule has 4 rings (SSSR count). The van der Waals surface area contributed by atoms with E-state index < -0.39 is 5.41 Å². The standard InChI is InChI=1S/C19H22ClN3O/c1-13-11-23-12-16(6-7-17(23)21-13)22-18(24)19(8-3-9-19)14-4-2-5-15(20)10-14/h2,4-5,10-11,16H,3,6-9,12H2,1H3,(H,22,24). The average Bonchev–Trinajstić information content (AvgIpc) is 2.85. The Kier molecular flexibility index (Phi) is 3.87. The molecule has 2 heterocycles. The van der Waals surface area contributed by atoms with Crippen molar-refractivity contribution in [2.45, 2.75) is 57.0 Å². The van der Waals surface area contributed by atoms with E-state index >= 15 is 0 Å². The van der Waals surface area contributed by atoms with Crippen LogP contribution >= 0.6 is 11.6 Å². The first kappa shape index (κ1) is 15.7. The molecule has 0 radical (unpaired) electrons. The lowest BCUT2D eigenvalue weighted by Crippen LogP contribution is -2.53. The summed E-state index contributed by atoms with van der Waals surface area (Å²) in [6.07, 6.45) is 6.85. The zero-order valence-corrected chi connectivity index (χ0v) is 14.6. The van der Waals surface area contributed by atoms with Crippen molar-refractivity contribution in [2.24, 2.45) is 0 Å². The predicted octanol–water partition coefficient (Wildman–Crippen LogP) is 3.40. The number of carbonyl (C=O) groups is 1. The number of rotatable bonds is 3. The number of hydrogen-bond donors (Lipinski definition) is 1. The van der Waals surface area contributed by atoms with Crippen molar-refractivity contribution in [3.8, 4) is 0 Å². The summed E-state index contributed by atoms with van der Waals surface area (Å²) in [4.78, 5) is 17.6. The number of imidazole rings is 1. The maximum Gasteiger partial charge on any atom is 0.230 e. The second-order valence-electron chi connectivity index (χ2n) is 7.11. The van der Waals surface area contributed by atoms with Crippen LogP contribution in [0, 0.1) is 6.92 Å². The zero-order valence-electron chi connectivity index (χ0n) is 13.9. The van der Waals surface area contributed by atoms with Crippen LogP contribution in [0.2, 0.25) is 5.02 Å². The van der Waals surface area contributed by atoms with Crippen LogP contribution in [0.3, 0.4) is 0 Å². The molecule has 1 aliphatic carbocycles. The van der Waals surface area contributed by atoms with Crippen LogP contribution in [0.4, 0.5) is 0 Å². The number of hydrogen-bond acceptors (Lipinski definition) is 2. The lowest BCUT2D eigenvalue weighted by molar-refractivity contribution is -0.130. The van der Waals surface area contributed by atoms with Gasteiger partial charge in [-0.05, 0) is 43.9 Å². The normalized spacial score (nSPS) is 21.7. The summed E-state index contributed by atoms with van der Waals surface area (Å²) in [7, 11) is 0. The molecule has 1 aromatic carbocycles. The molecule has 1 saturated carbocycles. The molecule has 4 nitrogen and oxygen atoms in total. The second kappa shape index (κ2) is 5.92. The van der Waals surface area contributed by atoms with Crippen molar-refractivity contribution >= 4 is 17.5 Å². The molecule has 1 atom stereocenters. The van der Waals surface area contributed by atoms with Gasteiger partial charge in [-0.1, -0.05) is 30.2 Å². The summed E-state index contributed by atoms with van der Waals surface area (Å²) in [5, 5.41) is 4.00. The third-order valence-electron chi connectivity index (χ3n) is 5.47. The molecule has 2 aromatic rings. The molecule has 0 spiro atoms. The minimum Gasteiger partial charge on any atom is -0.351 e. The van der Waals surface area contributed by atoms with Crippen molar-refractivity contribution in [3.05, 3.63) is 52.6 Å². The highest BCUT2D eigenvalue weighted by atomic mass is 35.5. The van der Waals surface area contributed by atoms with Gasteiger partial charge in [-0.3, -0.25) is 4.79 Å². The van der Waals surface area contributed by atoms with Crippen molar-refractivity contribution < 1.29 is 4.79 Å². The van der Waals surface area contributed by atoms with Crippen molar-refractivity contribution in [1.29, 1.82) is 0 Å². The van der Waals surface area contributed by atoms with Crippen molar-refractivity contribution in [2.75, 3.05) is 0 Å². The predicted molar refractivity (Wildman–Crippen MR) is 94.2 cm³/mol. The number of fused-ring (bicyclic) bond motifs is 1. The van der Waals surface area contributed by atoms with Gasteiger partial charge >= 0.3 is 0 Å². The van der Waals surface area contributed by atoms with Gasteiger partial charge in [-0.2, -0.15) is 0 Å². The SMILES string of the molecule is Cc1cn2c(n1)CCC(NC(=O)C1(c3cccc(Cl)c3)CCC1)C2. The van der Waals surface area contributed by atoms with E-state index in [1.807, 2.05) is 31.2 Å². The molecule has 0 bridgehead atoms. The van der Waals surface area contributed by atoms with Gasteiger partial charge in [0.05, 0.1) is 11.1 Å². The second-order valence-corrected chi connectivity index (χ2v) is 7.54. The number of benzene rings is 1. The summed E-state index contributed by atoms with van der Waals surface area (Å²) in [6, 6.07) is 7.95. The first-order valence-electron chi connectivity index (χ1n) is 8.66. The molecule has 0 saturated heterocycles. The monoisotopic (exact) mass is 343 g/mol. The Morgan fingerprint density at radius 1 is 1.42 bits per heavy atom. The van der Waals surface area contributed by atoms with Gasteiger partial charge in [0.15, 0.2) is 0 Å². The fourth-order valence-corrected chi connectivity index (χ4v) is 4.18. The van der Waals surface area contributed by atoms with Crippen molar-refractivity contribution in [3.63, 3.8) is 0 Å². The summed E-state index contributed by atoms with van der Waals surface area (Å²) in [5.41, 5.74) is 1.70. The van der Waals surface area contributed by atoms with Crippen LogP contribution in [0.25, 0.3) is 0 Å². The quantitative estimate of drug-likeness (QED) is 0.928. The first-order valence-corrected chi connectivity index (χ1v) is 9.04. The highest BCUT2D eigenvalue weighted by Crippen LogP contribution is 2.44. The third kappa shape index (κ3) is 2.63. The molecule has 1 aromatic heterocycles. The van der Waals surface area contributed by atoms with E-state index in [1.54, 1.807) is 0 Å². The number of amides is 1. The molecule has 1 amide bonds. The molecular formula is C19H22ClN3O. The van der Waals surface area contributed by atoms with Crippen LogP contribution in [0.15, 0.2) is 30.5 Å². The Morgan fingerprint density at radius 3 is 2.96 bits per heavy atom. The van der Waals surface area contributed by atoms with Gasteiger partial charge in [-0.15, -0.1) is 0 Å². The summed E-state index contributed by atoms with van der Waals surface area (Å²) in [5.74, 6) is 1.28. The smallest absolute Gasteiger partial charge is 0.230 e. The zero-order chi connectivity index (χ0) is 16.7. The van der Waals surface area contributed by atoms with E-state index in [1.165, 1.54) is 0 Å². The molecule has 1 aliphatic heterocycles. The maximum absolute atomic E-state index is 13.1. The summed E-state index contributed by atoms with van der Waals surface area (Å²) in [6.45, 7) is 2.83. The number of halogens is 1. The number of nitrogens with one attached hydrogen (secondary N) is 1. The van der Waals surface area contributed by atoms with Gasteiger partial charge in [0.2, 0.25) is 5.91 Å². The Balaban J connectivity index is 1.51. The van der Waals surface area contributed by atoms with E-state index in [0.29, 0.717) is 5.02 Å². The van der Waals surface area contributed by atoms with E-state index in [0.717, 1.165) is 55.7 Å². The molecule has 1 N–H and O–H groups in total. The lowest BCUT2D eigenvalue weighted by atomic mass is 9.63. The van der Waals surface area contributed by atoms with Crippen LogP contribution in [-0.2, 0) is 23.2 Å². The number of carbonyl (C=O) groups excluding carboxylic acids is 1. The van der Waals surface area contributed by atoms with Crippen LogP contribution < -0.4 is 5.32 Å². The molecular weight excluding hydrogens is 322 g/mol. The average molecular weight is 344 g/mol. The molecule has 2 aliphatic rings. The summed E-state index contributed by atoms with van der Waals surface area (Å²) < 4.78 is 2.18. The Labute approximate surface area is 147 Å². The van der Waals surface area contributed by atoms with Gasteiger partial charge < -0.3 is 9.88 Å². The highest BCUT2D eigenvalue weighted by Gasteiger charge is 2.46. The molecule has 5 heteroatoms. The minimum atomic E-state index is -0.393. The van der Waals surface area contributed by atoms with E-state index in [9.17, 15) is 4.79 Å². The van der Waals surface area contributed by atoms with Gasteiger partial charge in [-0.25, -0.2) is 4.98 Å². The highest BCUT2D eigenvalue weighted by molar-refractivity contribution is 6.30. The van der Waals surface area contributed by atoms with E-state index in [2.05, 4.69) is 21.1 Å². The minimum absolute atomic E-state index is 0.154. The first-order chi connectivity index (χ1) is 11.6. The molecule has 1 fully saturated rings. The number of aryl methyl sites for hydroxylation is 2.